The highest BCUT2D eigenvalue weighted by Gasteiger charge is 2.58. The van der Waals surface area contributed by atoms with E-state index in [1.54, 1.807) is 11.0 Å². The topological polar surface area (TPSA) is 103 Å². The largest absolute Gasteiger partial charge is 0.459 e. The third-order valence-corrected chi connectivity index (χ3v) is 10.4. The molecule has 0 spiro atoms. The first-order valence-electron chi connectivity index (χ1n) is 16.6. The molecule has 3 aromatic rings. The van der Waals surface area contributed by atoms with Crippen molar-refractivity contribution in [2.24, 2.45) is 17.8 Å². The van der Waals surface area contributed by atoms with Crippen molar-refractivity contribution < 1.29 is 29.0 Å². The van der Waals surface area contributed by atoms with Crippen LogP contribution in [0.5, 0.6) is 0 Å². The van der Waals surface area contributed by atoms with E-state index in [1.807, 2.05) is 36.4 Å². The molecule has 0 unspecified atom stereocenters. The molecule has 2 aromatic carbocycles. The van der Waals surface area contributed by atoms with Crippen molar-refractivity contribution in [1.82, 2.24) is 9.80 Å². The summed E-state index contributed by atoms with van der Waals surface area (Å²) in [6.45, 7) is 2.67. The normalized spacial score (nSPS) is 25.8. The molecule has 2 N–H and O–H groups in total. The van der Waals surface area contributed by atoms with Crippen LogP contribution in [0, 0.1) is 17.8 Å². The van der Waals surface area contributed by atoms with Gasteiger partial charge in [-0.2, -0.15) is 0 Å². The lowest BCUT2D eigenvalue weighted by Gasteiger charge is -2.36. The molecule has 8 nitrogen and oxygen atoms in total. The highest BCUT2D eigenvalue weighted by Crippen LogP contribution is 2.50. The van der Waals surface area contributed by atoms with Crippen LogP contribution < -0.4 is 0 Å². The van der Waals surface area contributed by atoms with Crippen LogP contribution in [0.3, 0.4) is 0 Å². The smallest absolute Gasteiger partial charge is 0.234 e. The summed E-state index contributed by atoms with van der Waals surface area (Å²) in [7, 11) is 0. The summed E-state index contributed by atoms with van der Waals surface area (Å²) >= 11 is 0. The first-order chi connectivity index (χ1) is 22.5. The van der Waals surface area contributed by atoms with Crippen molar-refractivity contribution >= 4 is 23.5 Å². The number of rotatable bonds is 10. The maximum absolute atomic E-state index is 14.1. The van der Waals surface area contributed by atoms with Crippen molar-refractivity contribution in [2.75, 3.05) is 26.3 Å². The number of imide groups is 1. The summed E-state index contributed by atoms with van der Waals surface area (Å²) in [6, 6.07) is 24.1. The lowest BCUT2D eigenvalue weighted by atomic mass is 9.69. The summed E-state index contributed by atoms with van der Waals surface area (Å²) in [4.78, 5) is 31.9. The lowest BCUT2D eigenvalue weighted by molar-refractivity contribution is -0.144. The first kappa shape index (κ1) is 30.8. The van der Waals surface area contributed by atoms with Gasteiger partial charge in [0.15, 0.2) is 0 Å². The Balaban J connectivity index is 1.05. The average molecular weight is 623 g/mol. The molecule has 1 aromatic heterocycles. The molecule has 3 fully saturated rings. The lowest BCUT2D eigenvalue weighted by Crippen LogP contribution is -2.47. The second-order valence-corrected chi connectivity index (χ2v) is 13.1. The Kier molecular flexibility index (Phi) is 9.04. The van der Waals surface area contributed by atoms with Crippen molar-refractivity contribution in [3.63, 3.8) is 0 Å². The van der Waals surface area contributed by atoms with Gasteiger partial charge in [-0.25, -0.2) is 0 Å². The number of amides is 2. The summed E-state index contributed by atoms with van der Waals surface area (Å²) < 4.78 is 12.2. The fourth-order valence-electron chi connectivity index (χ4n) is 8.15. The fourth-order valence-corrected chi connectivity index (χ4v) is 8.15. The number of allylic oxidation sites excluding steroid dienone is 1. The molecule has 4 atom stereocenters. The number of hydrogen-bond donors (Lipinski definition) is 2. The van der Waals surface area contributed by atoms with E-state index in [4.69, 9.17) is 9.15 Å². The van der Waals surface area contributed by atoms with Gasteiger partial charge in [-0.1, -0.05) is 60.7 Å². The van der Waals surface area contributed by atoms with Crippen LogP contribution in [-0.2, 0) is 27.5 Å². The van der Waals surface area contributed by atoms with Gasteiger partial charge >= 0.3 is 0 Å². The SMILES string of the molecule is O=C1[C@@H]2[C@@H](CC(CO)=C3[C@@H](CC/C(=C/c4ccc(CO)o4)c4ccccc4)OC[C@@H]32)C(=O)N1C1CCN(Cc2ccccc2)CC1. The Hall–Kier alpha value is -3.82. The number of carbonyl (C=O) groups is 2. The van der Waals surface area contributed by atoms with Crippen LogP contribution >= 0.6 is 0 Å². The molecule has 2 amide bonds. The Morgan fingerprint density at radius 1 is 0.870 bits per heavy atom. The number of furan rings is 1. The van der Waals surface area contributed by atoms with Gasteiger partial charge in [-0.3, -0.25) is 19.4 Å². The van der Waals surface area contributed by atoms with Gasteiger partial charge in [0.05, 0.1) is 31.2 Å². The number of aliphatic hydroxyl groups is 2. The molecule has 7 rings (SSSR count). The zero-order chi connectivity index (χ0) is 31.6. The number of fused-ring (bicyclic) bond motifs is 3. The van der Waals surface area contributed by atoms with Crippen molar-refractivity contribution in [3.8, 4) is 0 Å². The van der Waals surface area contributed by atoms with E-state index in [0.29, 0.717) is 37.4 Å². The number of carbonyl (C=O) groups excluding carboxylic acids is 2. The second-order valence-electron chi connectivity index (χ2n) is 13.1. The van der Waals surface area contributed by atoms with Crippen LogP contribution in [0.1, 0.15) is 54.8 Å². The molecule has 0 saturated carbocycles. The summed E-state index contributed by atoms with van der Waals surface area (Å²) in [6.07, 6.45) is 5.11. The van der Waals surface area contributed by atoms with Crippen LogP contribution in [0.25, 0.3) is 11.6 Å². The Labute approximate surface area is 270 Å². The molecule has 4 heterocycles. The molecule has 8 heteroatoms. The Morgan fingerprint density at radius 3 is 2.30 bits per heavy atom. The Bertz CT molecular complexity index is 1600. The molecular formula is C38H42N2O6. The molecule has 3 aliphatic heterocycles. The zero-order valence-corrected chi connectivity index (χ0v) is 26.1. The van der Waals surface area contributed by atoms with Crippen molar-refractivity contribution in [2.45, 2.75) is 57.4 Å². The quantitative estimate of drug-likeness (QED) is 0.241. The minimum Gasteiger partial charge on any atom is -0.459 e. The van der Waals surface area contributed by atoms with E-state index < -0.39 is 11.8 Å². The molecular weight excluding hydrogens is 580 g/mol. The van der Waals surface area contributed by atoms with Gasteiger partial charge in [0.1, 0.15) is 18.1 Å². The Morgan fingerprint density at radius 2 is 1.61 bits per heavy atom. The summed E-state index contributed by atoms with van der Waals surface area (Å²) in [5.41, 5.74) is 5.30. The number of piperidine rings is 1. The van der Waals surface area contributed by atoms with Gasteiger partial charge in [0.25, 0.3) is 0 Å². The number of benzene rings is 2. The molecule has 0 radical (unpaired) electrons. The highest BCUT2D eigenvalue weighted by atomic mass is 16.5. The van der Waals surface area contributed by atoms with E-state index in [0.717, 1.165) is 54.8 Å². The maximum atomic E-state index is 14.1. The zero-order valence-electron chi connectivity index (χ0n) is 26.1. The minimum absolute atomic E-state index is 0.0531. The first-order valence-corrected chi connectivity index (χ1v) is 16.6. The van der Waals surface area contributed by atoms with Gasteiger partial charge in [-0.15, -0.1) is 0 Å². The van der Waals surface area contributed by atoms with Crippen LogP contribution in [0.4, 0.5) is 0 Å². The van der Waals surface area contributed by atoms with Gasteiger partial charge in [0.2, 0.25) is 11.8 Å². The summed E-state index contributed by atoms with van der Waals surface area (Å²) in [5.74, 6) is 0.0268. The molecule has 4 aliphatic rings. The third-order valence-electron chi connectivity index (χ3n) is 10.4. The molecule has 46 heavy (non-hydrogen) atoms. The van der Waals surface area contributed by atoms with Crippen molar-refractivity contribution in [1.29, 1.82) is 0 Å². The number of nitrogens with zero attached hydrogens (tertiary/aromatic N) is 2. The van der Waals surface area contributed by atoms with Crippen LogP contribution in [0.2, 0.25) is 0 Å². The highest BCUT2D eigenvalue weighted by molar-refractivity contribution is 6.06. The predicted molar refractivity (Wildman–Crippen MR) is 174 cm³/mol. The van der Waals surface area contributed by atoms with E-state index in [-0.39, 0.29) is 43.1 Å². The second kappa shape index (κ2) is 13.5. The van der Waals surface area contributed by atoms with E-state index in [1.165, 1.54) is 5.56 Å². The number of hydrogen-bond acceptors (Lipinski definition) is 7. The molecule has 240 valence electrons. The summed E-state index contributed by atoms with van der Waals surface area (Å²) in [5, 5.41) is 19.9. The fraction of sp³-hybridized carbons (Fsp3) is 0.421. The number of likely N-dealkylation sites (tertiary alicyclic amines) is 2. The molecule has 3 saturated heterocycles. The number of aliphatic hydroxyl groups excluding tert-OH is 2. The van der Waals surface area contributed by atoms with Gasteiger partial charge in [0, 0.05) is 31.6 Å². The standard InChI is InChI=1S/C38H42N2O6/c41-22-28-20-32-36(38(44)40(37(32)43)29-15-17-39(18-16-29)21-25-7-3-1-4-8-25)33-24-45-34(35(28)33)14-11-27(26-9-5-2-6-10-26)19-30-12-13-31(23-42)46-30/h1-10,12-13,19,29,32-34,36,41-42H,11,14-18,20-24H2/b27-19-/t32-,33+,34-,36-/m1/s1. The third kappa shape index (κ3) is 6.02. The van der Waals surface area contributed by atoms with Gasteiger partial charge in [-0.05, 0) is 78.2 Å². The monoisotopic (exact) mass is 622 g/mol. The van der Waals surface area contributed by atoms with E-state index >= 15 is 0 Å². The van der Waals surface area contributed by atoms with E-state index in [9.17, 15) is 19.8 Å². The minimum atomic E-state index is -0.424. The van der Waals surface area contributed by atoms with E-state index in [2.05, 4.69) is 41.3 Å². The molecule has 1 aliphatic carbocycles. The maximum Gasteiger partial charge on any atom is 0.234 e. The number of ether oxygens (including phenoxy) is 1. The molecule has 0 bridgehead atoms. The van der Waals surface area contributed by atoms with Crippen LogP contribution in [-0.4, -0.2) is 70.3 Å². The predicted octanol–water partition coefficient (Wildman–Crippen LogP) is 5.07. The van der Waals surface area contributed by atoms with Crippen LogP contribution in [0.15, 0.2) is 88.4 Å². The van der Waals surface area contributed by atoms with Gasteiger partial charge < -0.3 is 19.4 Å². The van der Waals surface area contributed by atoms with Crippen molar-refractivity contribution in [3.05, 3.63) is 107 Å². The average Bonchev–Trinajstić information content (AvgIpc) is 3.80.